The molecule has 92 valence electrons. The first kappa shape index (κ1) is 13.6. The van der Waals surface area contributed by atoms with Gasteiger partial charge in [0.2, 0.25) is 0 Å². The SMILES string of the molecule is CCOCCN(C)C(CN)c1ccc(C)s1. The normalized spacial score (nSPS) is 13.3. The highest BCUT2D eigenvalue weighted by molar-refractivity contribution is 7.12. The summed E-state index contributed by atoms with van der Waals surface area (Å²) in [6.45, 7) is 7.27. The molecule has 1 unspecified atom stereocenters. The van der Waals surface area contributed by atoms with Gasteiger partial charge in [0.05, 0.1) is 12.6 Å². The first-order valence-electron chi connectivity index (χ1n) is 5.73. The number of ether oxygens (including phenoxy) is 1. The highest BCUT2D eigenvalue weighted by Gasteiger charge is 2.16. The molecule has 0 aromatic carbocycles. The predicted molar refractivity (Wildman–Crippen MR) is 70.0 cm³/mol. The molecule has 0 spiro atoms. The van der Waals surface area contributed by atoms with Crippen LogP contribution in [0.25, 0.3) is 0 Å². The maximum Gasteiger partial charge on any atom is 0.0593 e. The quantitative estimate of drug-likeness (QED) is 0.744. The molecule has 0 aliphatic heterocycles. The van der Waals surface area contributed by atoms with E-state index in [0.717, 1.165) is 19.8 Å². The van der Waals surface area contributed by atoms with E-state index in [1.807, 2.05) is 18.3 Å². The molecule has 3 nitrogen and oxygen atoms in total. The van der Waals surface area contributed by atoms with Gasteiger partial charge >= 0.3 is 0 Å². The van der Waals surface area contributed by atoms with Gasteiger partial charge in [0, 0.05) is 29.5 Å². The van der Waals surface area contributed by atoms with Crippen molar-refractivity contribution in [2.75, 3.05) is 33.4 Å². The van der Waals surface area contributed by atoms with Crippen LogP contribution in [0.2, 0.25) is 0 Å². The minimum absolute atomic E-state index is 0.319. The number of aryl methyl sites for hydroxylation is 1. The van der Waals surface area contributed by atoms with Gasteiger partial charge in [-0.05, 0) is 33.0 Å². The molecule has 0 fully saturated rings. The van der Waals surface area contributed by atoms with Crippen molar-refractivity contribution >= 4 is 11.3 Å². The minimum atomic E-state index is 0.319. The van der Waals surface area contributed by atoms with E-state index < -0.39 is 0 Å². The molecule has 16 heavy (non-hydrogen) atoms. The maximum atomic E-state index is 5.84. The Bertz CT molecular complexity index is 301. The van der Waals surface area contributed by atoms with Crippen molar-refractivity contribution in [3.8, 4) is 0 Å². The van der Waals surface area contributed by atoms with E-state index in [0.29, 0.717) is 12.6 Å². The third-order valence-electron chi connectivity index (χ3n) is 2.64. The molecular weight excluding hydrogens is 220 g/mol. The third kappa shape index (κ3) is 3.87. The lowest BCUT2D eigenvalue weighted by Gasteiger charge is -2.25. The number of hydrogen-bond acceptors (Lipinski definition) is 4. The molecule has 0 radical (unpaired) electrons. The Morgan fingerprint density at radius 3 is 2.75 bits per heavy atom. The largest absolute Gasteiger partial charge is 0.380 e. The summed E-state index contributed by atoms with van der Waals surface area (Å²) in [7, 11) is 2.10. The minimum Gasteiger partial charge on any atom is -0.380 e. The molecule has 0 bridgehead atoms. The van der Waals surface area contributed by atoms with Crippen molar-refractivity contribution in [3.05, 3.63) is 21.9 Å². The van der Waals surface area contributed by atoms with Gasteiger partial charge in [0.25, 0.3) is 0 Å². The van der Waals surface area contributed by atoms with Gasteiger partial charge in [-0.1, -0.05) is 0 Å². The van der Waals surface area contributed by atoms with Crippen LogP contribution >= 0.6 is 11.3 Å². The summed E-state index contributed by atoms with van der Waals surface area (Å²) >= 11 is 1.83. The standard InChI is InChI=1S/C12H22N2OS/c1-4-15-8-7-14(3)11(9-13)12-6-5-10(2)16-12/h5-6,11H,4,7-9,13H2,1-3H3. The maximum absolute atomic E-state index is 5.84. The molecule has 1 rings (SSSR count). The zero-order valence-corrected chi connectivity index (χ0v) is 11.2. The second-order valence-corrected chi connectivity index (χ2v) is 5.20. The molecule has 1 atom stereocenters. The highest BCUT2D eigenvalue weighted by Crippen LogP contribution is 2.25. The lowest BCUT2D eigenvalue weighted by Crippen LogP contribution is -2.32. The van der Waals surface area contributed by atoms with Crippen LogP contribution in [0.4, 0.5) is 0 Å². The zero-order valence-electron chi connectivity index (χ0n) is 10.4. The summed E-state index contributed by atoms with van der Waals surface area (Å²) < 4.78 is 5.36. The topological polar surface area (TPSA) is 38.5 Å². The molecule has 0 saturated heterocycles. The molecular formula is C12H22N2OS. The summed E-state index contributed by atoms with van der Waals surface area (Å²) in [5.41, 5.74) is 5.84. The number of hydrogen-bond donors (Lipinski definition) is 1. The summed E-state index contributed by atoms with van der Waals surface area (Å²) in [5, 5.41) is 0. The van der Waals surface area contributed by atoms with Gasteiger partial charge in [-0.25, -0.2) is 0 Å². The number of rotatable bonds is 7. The average molecular weight is 242 g/mol. The summed E-state index contributed by atoms with van der Waals surface area (Å²) in [6, 6.07) is 4.65. The van der Waals surface area contributed by atoms with Crippen LogP contribution in [0.3, 0.4) is 0 Å². The molecule has 0 aliphatic rings. The Kier molecular flexibility index (Phi) is 5.98. The van der Waals surface area contributed by atoms with Crippen molar-refractivity contribution < 1.29 is 4.74 Å². The van der Waals surface area contributed by atoms with E-state index in [2.05, 4.69) is 31.0 Å². The second-order valence-electron chi connectivity index (χ2n) is 3.88. The van der Waals surface area contributed by atoms with Crippen molar-refractivity contribution in [1.82, 2.24) is 4.90 Å². The van der Waals surface area contributed by atoms with Gasteiger partial charge in [-0.15, -0.1) is 11.3 Å². The number of likely N-dealkylation sites (N-methyl/N-ethyl adjacent to an activating group) is 1. The molecule has 0 saturated carbocycles. The summed E-state index contributed by atoms with van der Waals surface area (Å²) in [6.07, 6.45) is 0. The fraction of sp³-hybridized carbons (Fsp3) is 0.667. The van der Waals surface area contributed by atoms with Crippen molar-refractivity contribution in [2.45, 2.75) is 19.9 Å². The van der Waals surface area contributed by atoms with E-state index in [-0.39, 0.29) is 0 Å². The van der Waals surface area contributed by atoms with Crippen molar-refractivity contribution in [3.63, 3.8) is 0 Å². The Balaban J connectivity index is 2.53. The zero-order chi connectivity index (χ0) is 12.0. The van der Waals surface area contributed by atoms with Crippen molar-refractivity contribution in [1.29, 1.82) is 0 Å². The van der Waals surface area contributed by atoms with Gasteiger partial charge in [0.1, 0.15) is 0 Å². The highest BCUT2D eigenvalue weighted by atomic mass is 32.1. The van der Waals surface area contributed by atoms with Gasteiger partial charge in [-0.3, -0.25) is 4.90 Å². The molecule has 2 N–H and O–H groups in total. The number of nitrogens with two attached hydrogens (primary N) is 1. The van der Waals surface area contributed by atoms with Crippen LogP contribution in [-0.4, -0.2) is 38.3 Å². The predicted octanol–water partition coefficient (Wildman–Crippen LogP) is 2.02. The lowest BCUT2D eigenvalue weighted by molar-refractivity contribution is 0.109. The van der Waals surface area contributed by atoms with E-state index in [4.69, 9.17) is 10.5 Å². The summed E-state index contributed by atoms with van der Waals surface area (Å²) in [4.78, 5) is 4.95. The van der Waals surface area contributed by atoms with Crippen molar-refractivity contribution in [2.24, 2.45) is 5.73 Å². The van der Waals surface area contributed by atoms with Crippen LogP contribution in [0.1, 0.15) is 22.7 Å². The molecule has 0 amide bonds. The fourth-order valence-electron chi connectivity index (χ4n) is 1.65. The van der Waals surface area contributed by atoms with Gasteiger partial charge < -0.3 is 10.5 Å². The van der Waals surface area contributed by atoms with Crippen LogP contribution in [0.15, 0.2) is 12.1 Å². The Morgan fingerprint density at radius 2 is 2.25 bits per heavy atom. The molecule has 1 heterocycles. The number of nitrogens with zero attached hydrogens (tertiary/aromatic N) is 1. The molecule has 1 aromatic rings. The molecule has 1 aromatic heterocycles. The molecule has 4 heteroatoms. The van der Waals surface area contributed by atoms with E-state index in [1.165, 1.54) is 9.75 Å². The van der Waals surface area contributed by atoms with Crippen LogP contribution < -0.4 is 5.73 Å². The summed E-state index contributed by atoms with van der Waals surface area (Å²) in [5.74, 6) is 0. The monoisotopic (exact) mass is 242 g/mol. The van der Waals surface area contributed by atoms with Gasteiger partial charge in [-0.2, -0.15) is 0 Å². The van der Waals surface area contributed by atoms with E-state index >= 15 is 0 Å². The first-order valence-corrected chi connectivity index (χ1v) is 6.55. The second kappa shape index (κ2) is 7.01. The Labute approximate surface area is 102 Å². The van der Waals surface area contributed by atoms with E-state index in [1.54, 1.807) is 0 Å². The first-order chi connectivity index (χ1) is 7.69. The van der Waals surface area contributed by atoms with Crippen LogP contribution in [0.5, 0.6) is 0 Å². The van der Waals surface area contributed by atoms with Gasteiger partial charge in [0.15, 0.2) is 0 Å². The molecule has 0 aliphatic carbocycles. The fourth-order valence-corrected chi connectivity index (χ4v) is 2.71. The van der Waals surface area contributed by atoms with E-state index in [9.17, 15) is 0 Å². The van der Waals surface area contributed by atoms with Crippen LogP contribution in [-0.2, 0) is 4.74 Å². The third-order valence-corrected chi connectivity index (χ3v) is 3.74. The number of thiophene rings is 1. The van der Waals surface area contributed by atoms with Crippen LogP contribution in [0, 0.1) is 6.92 Å². The Hall–Kier alpha value is -0.420. The average Bonchev–Trinajstić information content (AvgIpc) is 2.66. The Morgan fingerprint density at radius 1 is 1.50 bits per heavy atom. The lowest BCUT2D eigenvalue weighted by atomic mass is 10.2. The smallest absolute Gasteiger partial charge is 0.0593 e.